The van der Waals surface area contributed by atoms with Crippen LogP contribution in [-0.4, -0.2) is 29.0 Å². The van der Waals surface area contributed by atoms with Crippen LogP contribution in [-0.2, 0) is 0 Å². The van der Waals surface area contributed by atoms with Crippen LogP contribution in [0.3, 0.4) is 0 Å². The Hall–Kier alpha value is -3.23. The predicted octanol–water partition coefficient (Wildman–Crippen LogP) is 4.04. The number of rotatable bonds is 3. The third-order valence-corrected chi connectivity index (χ3v) is 4.54. The van der Waals surface area contributed by atoms with Crippen molar-refractivity contribution < 1.29 is 22.4 Å². The van der Waals surface area contributed by atoms with Gasteiger partial charge in [-0.25, -0.2) is 27.5 Å². The van der Waals surface area contributed by atoms with Gasteiger partial charge in [-0.3, -0.25) is 4.79 Å². The van der Waals surface area contributed by atoms with E-state index in [4.69, 9.17) is 0 Å². The molecule has 2 heterocycles. The van der Waals surface area contributed by atoms with Gasteiger partial charge >= 0.3 is 0 Å². The Bertz CT molecular complexity index is 1080. The maximum Gasteiger partial charge on any atom is 0.260 e. The van der Waals surface area contributed by atoms with Crippen molar-refractivity contribution in [1.82, 2.24) is 9.97 Å². The van der Waals surface area contributed by atoms with E-state index in [0.717, 1.165) is 12.8 Å². The van der Waals surface area contributed by atoms with Gasteiger partial charge in [-0.2, -0.15) is 0 Å². The molecule has 1 N–H and O–H groups in total. The summed E-state index contributed by atoms with van der Waals surface area (Å²) in [4.78, 5) is 23.3. The van der Waals surface area contributed by atoms with E-state index in [-0.39, 0.29) is 5.82 Å². The number of carbonyl (C=O) groups excluding carboxylic acids is 1. The lowest BCUT2D eigenvalue weighted by Gasteiger charge is -2.20. The van der Waals surface area contributed by atoms with Crippen LogP contribution in [0.25, 0.3) is 11.0 Å². The number of amides is 1. The molecule has 0 unspecified atom stereocenters. The Morgan fingerprint density at radius 3 is 2.25 bits per heavy atom. The molecule has 5 nitrogen and oxygen atoms in total. The molecule has 9 heteroatoms. The molecular formula is C19H14F4N4O. The first-order valence-electron chi connectivity index (χ1n) is 8.62. The van der Waals surface area contributed by atoms with Crippen LogP contribution in [0.1, 0.15) is 23.2 Å². The van der Waals surface area contributed by atoms with Crippen LogP contribution in [0, 0.1) is 23.3 Å². The summed E-state index contributed by atoms with van der Waals surface area (Å²) >= 11 is 0. The minimum Gasteiger partial charge on any atom is -0.354 e. The fourth-order valence-corrected chi connectivity index (χ4v) is 3.14. The Balaban J connectivity index is 1.76. The maximum absolute atomic E-state index is 14.0. The van der Waals surface area contributed by atoms with Gasteiger partial charge in [-0.05, 0) is 31.0 Å². The van der Waals surface area contributed by atoms with Crippen LogP contribution in [0.4, 0.5) is 29.2 Å². The van der Waals surface area contributed by atoms with Crippen LogP contribution < -0.4 is 10.2 Å². The normalized spacial score (nSPS) is 13.9. The molecule has 1 aromatic heterocycles. The third kappa shape index (κ3) is 3.12. The zero-order chi connectivity index (χ0) is 19.8. The summed E-state index contributed by atoms with van der Waals surface area (Å²) in [6, 6.07) is 7.29. The highest BCUT2D eigenvalue weighted by molar-refractivity contribution is 6.05. The fraction of sp³-hybridized carbons (Fsp3) is 0.211. The van der Waals surface area contributed by atoms with Crippen LogP contribution in [0.2, 0.25) is 0 Å². The number of nitrogens with zero attached hydrogens (tertiary/aromatic N) is 3. The number of benzene rings is 2. The van der Waals surface area contributed by atoms with E-state index in [2.05, 4.69) is 15.3 Å². The van der Waals surface area contributed by atoms with Crippen LogP contribution >= 0.6 is 0 Å². The zero-order valence-corrected chi connectivity index (χ0v) is 14.5. The second kappa shape index (κ2) is 7.06. The molecule has 1 fully saturated rings. The number of hydrogen-bond donors (Lipinski definition) is 1. The molecule has 28 heavy (non-hydrogen) atoms. The van der Waals surface area contributed by atoms with Gasteiger partial charge in [0, 0.05) is 13.1 Å². The Morgan fingerprint density at radius 2 is 1.57 bits per heavy atom. The first-order chi connectivity index (χ1) is 13.5. The molecule has 1 aliphatic heterocycles. The lowest BCUT2D eigenvalue weighted by Crippen LogP contribution is -2.24. The lowest BCUT2D eigenvalue weighted by molar-refractivity contribution is 0.102. The number of carbonyl (C=O) groups is 1. The number of hydrogen-bond acceptors (Lipinski definition) is 4. The molecule has 4 rings (SSSR count). The Kier molecular flexibility index (Phi) is 4.58. The van der Waals surface area contributed by atoms with Crippen molar-refractivity contribution in [3.8, 4) is 0 Å². The number of anilines is 2. The Labute approximate surface area is 157 Å². The second-order valence-electron chi connectivity index (χ2n) is 6.38. The molecule has 0 bridgehead atoms. The highest BCUT2D eigenvalue weighted by Crippen LogP contribution is 2.29. The van der Waals surface area contributed by atoms with Crippen LogP contribution in [0.15, 0.2) is 30.3 Å². The van der Waals surface area contributed by atoms with Gasteiger partial charge in [0.1, 0.15) is 0 Å². The summed E-state index contributed by atoms with van der Waals surface area (Å²) in [5.74, 6) is -8.18. The largest absolute Gasteiger partial charge is 0.354 e. The van der Waals surface area contributed by atoms with Crippen molar-refractivity contribution >= 4 is 28.6 Å². The molecule has 0 radical (unpaired) electrons. The molecule has 1 amide bonds. The van der Waals surface area contributed by atoms with Crippen LogP contribution in [0.5, 0.6) is 0 Å². The van der Waals surface area contributed by atoms with Gasteiger partial charge < -0.3 is 10.2 Å². The number of nitrogens with one attached hydrogen (secondary N) is 1. The number of fused-ring (bicyclic) bond motifs is 1. The molecule has 0 atom stereocenters. The SMILES string of the molecule is O=C(Nc1nc2ccccc2nc1N1CCCC1)c1cc(F)c(F)c(F)c1F. The van der Waals surface area contributed by atoms with Gasteiger partial charge in [-0.15, -0.1) is 0 Å². The maximum atomic E-state index is 14.0. The molecule has 0 spiro atoms. The third-order valence-electron chi connectivity index (χ3n) is 4.54. The summed E-state index contributed by atoms with van der Waals surface area (Å²) in [6.45, 7) is 1.40. The number of halogens is 4. The van der Waals surface area contributed by atoms with E-state index in [1.165, 1.54) is 0 Å². The van der Waals surface area contributed by atoms with Crippen molar-refractivity contribution in [2.75, 3.05) is 23.3 Å². The standard InChI is InChI=1S/C19H14F4N4O/c20-11-9-10(14(21)16(23)15(11)22)19(28)26-17-18(27-7-3-4-8-27)25-13-6-2-1-5-12(13)24-17/h1-2,5-6,9H,3-4,7-8H2,(H,24,26,28). The highest BCUT2D eigenvalue weighted by atomic mass is 19.2. The monoisotopic (exact) mass is 390 g/mol. The minimum atomic E-state index is -2.05. The summed E-state index contributed by atoms with van der Waals surface area (Å²) in [6.07, 6.45) is 1.87. The second-order valence-corrected chi connectivity index (χ2v) is 6.38. The molecule has 1 saturated heterocycles. The molecule has 0 saturated carbocycles. The van der Waals surface area contributed by atoms with Crippen molar-refractivity contribution in [3.63, 3.8) is 0 Å². The average Bonchev–Trinajstić information content (AvgIpc) is 3.23. The van der Waals surface area contributed by atoms with Gasteiger partial charge in [0.15, 0.2) is 34.9 Å². The smallest absolute Gasteiger partial charge is 0.260 e. The predicted molar refractivity (Wildman–Crippen MR) is 95.2 cm³/mol. The zero-order valence-electron chi connectivity index (χ0n) is 14.5. The van der Waals surface area contributed by atoms with Crippen molar-refractivity contribution in [2.45, 2.75) is 12.8 Å². The van der Waals surface area contributed by atoms with E-state index < -0.39 is 34.7 Å². The number of para-hydroxylation sites is 2. The molecule has 2 aromatic carbocycles. The number of aromatic nitrogens is 2. The minimum absolute atomic E-state index is 0.0372. The first kappa shape index (κ1) is 18.1. The highest BCUT2D eigenvalue weighted by Gasteiger charge is 2.26. The summed E-state index contributed by atoms with van der Waals surface area (Å²) in [5, 5.41) is 2.36. The van der Waals surface area contributed by atoms with Gasteiger partial charge in [0.05, 0.1) is 16.6 Å². The quantitative estimate of drug-likeness (QED) is 0.417. The van der Waals surface area contributed by atoms with E-state index >= 15 is 0 Å². The summed E-state index contributed by atoms with van der Waals surface area (Å²) in [5.41, 5.74) is 0.129. The average molecular weight is 390 g/mol. The van der Waals surface area contributed by atoms with E-state index in [9.17, 15) is 22.4 Å². The molecule has 3 aromatic rings. The topological polar surface area (TPSA) is 58.1 Å². The summed E-state index contributed by atoms with van der Waals surface area (Å²) in [7, 11) is 0. The fourth-order valence-electron chi connectivity index (χ4n) is 3.14. The van der Waals surface area contributed by atoms with E-state index in [1.807, 2.05) is 4.90 Å². The lowest BCUT2D eigenvalue weighted by atomic mass is 10.1. The first-order valence-corrected chi connectivity index (χ1v) is 8.62. The molecule has 1 aliphatic rings. The van der Waals surface area contributed by atoms with E-state index in [1.54, 1.807) is 24.3 Å². The van der Waals surface area contributed by atoms with Crippen molar-refractivity contribution in [1.29, 1.82) is 0 Å². The van der Waals surface area contributed by atoms with Crippen molar-refractivity contribution in [3.05, 3.63) is 59.2 Å². The van der Waals surface area contributed by atoms with Gasteiger partial charge in [0.2, 0.25) is 0 Å². The Morgan fingerprint density at radius 1 is 0.929 bits per heavy atom. The van der Waals surface area contributed by atoms with Gasteiger partial charge in [0.25, 0.3) is 5.91 Å². The molecule has 0 aliphatic carbocycles. The summed E-state index contributed by atoms with van der Waals surface area (Å²) < 4.78 is 54.0. The van der Waals surface area contributed by atoms with Gasteiger partial charge in [-0.1, -0.05) is 12.1 Å². The molecule has 144 valence electrons. The van der Waals surface area contributed by atoms with E-state index in [0.29, 0.717) is 36.0 Å². The van der Waals surface area contributed by atoms with Crippen molar-refractivity contribution in [2.24, 2.45) is 0 Å². The molecular weight excluding hydrogens is 376 g/mol.